The highest BCUT2D eigenvalue weighted by Gasteiger charge is 2.38. The molecule has 1 atom stereocenters. The highest BCUT2D eigenvalue weighted by atomic mass is 19.4. The van der Waals surface area contributed by atoms with Crippen molar-refractivity contribution in [3.05, 3.63) is 53.3 Å². The third kappa shape index (κ3) is 3.01. The fourth-order valence-corrected chi connectivity index (χ4v) is 2.38. The number of oxime groups is 1. The van der Waals surface area contributed by atoms with Gasteiger partial charge in [0, 0.05) is 18.2 Å². The summed E-state index contributed by atoms with van der Waals surface area (Å²) in [5.41, 5.74) is -0.0475. The largest absolute Gasteiger partial charge is 0.507 e. The molecule has 0 saturated carbocycles. The second-order valence-corrected chi connectivity index (χ2v) is 5.05. The molecule has 0 aliphatic carbocycles. The maximum Gasteiger partial charge on any atom is 0.418 e. The van der Waals surface area contributed by atoms with Gasteiger partial charge in [-0.15, -0.1) is 0 Å². The first kappa shape index (κ1) is 15.4. The SMILES string of the molecule is [B]c1ccc(O)c(C2=NOC(c3ncccc3C(F)(F)F)C2)c1. The van der Waals surface area contributed by atoms with E-state index in [4.69, 9.17) is 12.7 Å². The predicted octanol–water partition coefficient (Wildman–Crippen LogP) is 2.47. The van der Waals surface area contributed by atoms with E-state index in [1.807, 2.05) is 0 Å². The summed E-state index contributed by atoms with van der Waals surface area (Å²) >= 11 is 0. The van der Waals surface area contributed by atoms with Gasteiger partial charge in [-0.1, -0.05) is 22.8 Å². The molecule has 0 bridgehead atoms. The molecule has 1 aromatic heterocycles. The van der Waals surface area contributed by atoms with Crippen molar-refractivity contribution < 1.29 is 23.1 Å². The van der Waals surface area contributed by atoms with Gasteiger partial charge in [0.2, 0.25) is 0 Å². The Kier molecular flexibility index (Phi) is 3.75. The van der Waals surface area contributed by atoms with Crippen LogP contribution in [-0.4, -0.2) is 23.6 Å². The molecule has 1 N–H and O–H groups in total. The van der Waals surface area contributed by atoms with Crippen LogP contribution in [0, 0.1) is 0 Å². The molecule has 1 aliphatic rings. The summed E-state index contributed by atoms with van der Waals surface area (Å²) in [6, 6.07) is 6.55. The van der Waals surface area contributed by atoms with E-state index in [0.29, 0.717) is 16.7 Å². The van der Waals surface area contributed by atoms with Crippen LogP contribution in [0.15, 0.2) is 41.7 Å². The van der Waals surface area contributed by atoms with Gasteiger partial charge in [-0.25, -0.2) is 0 Å². The number of halogens is 3. The van der Waals surface area contributed by atoms with Gasteiger partial charge in [-0.05, 0) is 18.2 Å². The smallest absolute Gasteiger partial charge is 0.418 e. The lowest BCUT2D eigenvalue weighted by Crippen LogP contribution is -2.14. The van der Waals surface area contributed by atoms with Crippen LogP contribution in [0.25, 0.3) is 0 Å². The van der Waals surface area contributed by atoms with Gasteiger partial charge in [0.1, 0.15) is 13.6 Å². The van der Waals surface area contributed by atoms with E-state index in [1.54, 1.807) is 0 Å². The quantitative estimate of drug-likeness (QED) is 0.866. The van der Waals surface area contributed by atoms with Crippen LogP contribution in [0.5, 0.6) is 5.75 Å². The van der Waals surface area contributed by atoms with E-state index >= 15 is 0 Å². The molecule has 2 radical (unpaired) electrons. The minimum Gasteiger partial charge on any atom is -0.507 e. The van der Waals surface area contributed by atoms with Gasteiger partial charge in [0.15, 0.2) is 6.10 Å². The Hall–Kier alpha value is -2.51. The normalized spacial score (nSPS) is 17.7. The zero-order valence-electron chi connectivity index (χ0n) is 11.7. The number of nitrogens with zero attached hydrogens (tertiary/aromatic N) is 2. The van der Waals surface area contributed by atoms with Crippen molar-refractivity contribution in [3.63, 3.8) is 0 Å². The summed E-state index contributed by atoms with van der Waals surface area (Å²) in [4.78, 5) is 8.90. The first-order chi connectivity index (χ1) is 10.9. The molecular formula is C15H10BF3N2O2. The van der Waals surface area contributed by atoms with Gasteiger partial charge in [-0.2, -0.15) is 13.2 Å². The molecule has 0 amide bonds. The average Bonchev–Trinajstić information content (AvgIpc) is 2.98. The van der Waals surface area contributed by atoms with Crippen LogP contribution < -0.4 is 5.46 Å². The van der Waals surface area contributed by atoms with E-state index < -0.39 is 17.8 Å². The van der Waals surface area contributed by atoms with Gasteiger partial charge < -0.3 is 9.94 Å². The van der Waals surface area contributed by atoms with Gasteiger partial charge in [-0.3, -0.25) is 4.98 Å². The fourth-order valence-electron chi connectivity index (χ4n) is 2.38. The predicted molar refractivity (Wildman–Crippen MR) is 77.7 cm³/mol. The maximum absolute atomic E-state index is 13.0. The first-order valence-corrected chi connectivity index (χ1v) is 6.70. The average molecular weight is 318 g/mol. The van der Waals surface area contributed by atoms with Gasteiger partial charge >= 0.3 is 6.18 Å². The number of phenolic OH excluding ortho intramolecular Hbond substituents is 1. The molecule has 2 heterocycles. The summed E-state index contributed by atoms with van der Waals surface area (Å²) in [6.45, 7) is 0. The van der Waals surface area contributed by atoms with Crippen LogP contribution >= 0.6 is 0 Å². The number of alkyl halides is 3. The monoisotopic (exact) mass is 318 g/mol. The van der Waals surface area contributed by atoms with E-state index in [1.165, 1.54) is 30.5 Å². The molecule has 4 nitrogen and oxygen atoms in total. The van der Waals surface area contributed by atoms with E-state index in [0.717, 1.165) is 6.07 Å². The minimum absolute atomic E-state index is 0.0527. The molecule has 0 saturated heterocycles. The zero-order valence-corrected chi connectivity index (χ0v) is 11.7. The molecule has 3 rings (SSSR count). The van der Waals surface area contributed by atoms with Gasteiger partial charge in [0.25, 0.3) is 0 Å². The Morgan fingerprint density at radius 1 is 1.26 bits per heavy atom. The molecule has 1 aliphatic heterocycles. The highest BCUT2D eigenvalue weighted by Crippen LogP contribution is 2.38. The van der Waals surface area contributed by atoms with Crippen molar-refractivity contribution in [2.24, 2.45) is 5.16 Å². The third-order valence-electron chi connectivity index (χ3n) is 3.45. The maximum atomic E-state index is 13.0. The number of rotatable bonds is 2. The van der Waals surface area contributed by atoms with Crippen molar-refractivity contribution in [3.8, 4) is 5.75 Å². The zero-order chi connectivity index (χ0) is 16.6. The fraction of sp³-hybridized carbons (Fsp3) is 0.200. The second-order valence-electron chi connectivity index (χ2n) is 5.05. The minimum atomic E-state index is -4.53. The number of hydrogen-bond acceptors (Lipinski definition) is 4. The molecule has 116 valence electrons. The second kappa shape index (κ2) is 5.60. The number of phenols is 1. The van der Waals surface area contributed by atoms with Crippen LogP contribution in [0.4, 0.5) is 13.2 Å². The lowest BCUT2D eigenvalue weighted by Gasteiger charge is -2.14. The molecular weight excluding hydrogens is 308 g/mol. The molecule has 8 heteroatoms. The molecule has 0 fully saturated rings. The first-order valence-electron chi connectivity index (χ1n) is 6.70. The van der Waals surface area contributed by atoms with E-state index in [9.17, 15) is 18.3 Å². The van der Waals surface area contributed by atoms with E-state index in [-0.39, 0.29) is 17.9 Å². The van der Waals surface area contributed by atoms with Crippen LogP contribution in [0.3, 0.4) is 0 Å². The summed E-state index contributed by atoms with van der Waals surface area (Å²) < 4.78 is 39.1. The topological polar surface area (TPSA) is 54.7 Å². The Balaban J connectivity index is 1.90. The summed E-state index contributed by atoms with van der Waals surface area (Å²) in [5.74, 6) is -0.0701. The van der Waals surface area contributed by atoms with Crippen molar-refractivity contribution in [1.29, 1.82) is 0 Å². The molecule has 23 heavy (non-hydrogen) atoms. The lowest BCUT2D eigenvalue weighted by atomic mass is 9.91. The van der Waals surface area contributed by atoms with Gasteiger partial charge in [0.05, 0.1) is 17.0 Å². The van der Waals surface area contributed by atoms with Crippen LogP contribution in [-0.2, 0) is 11.0 Å². The Morgan fingerprint density at radius 3 is 2.78 bits per heavy atom. The van der Waals surface area contributed by atoms with Crippen LogP contribution in [0.1, 0.15) is 29.3 Å². The lowest BCUT2D eigenvalue weighted by molar-refractivity contribution is -0.139. The van der Waals surface area contributed by atoms with Crippen molar-refractivity contribution in [2.75, 3.05) is 0 Å². The van der Waals surface area contributed by atoms with Crippen molar-refractivity contribution >= 4 is 19.0 Å². The Morgan fingerprint density at radius 2 is 2.04 bits per heavy atom. The molecule has 0 spiro atoms. The molecule has 2 aromatic rings. The number of aromatic nitrogens is 1. The molecule has 1 unspecified atom stereocenters. The van der Waals surface area contributed by atoms with Crippen molar-refractivity contribution in [2.45, 2.75) is 18.7 Å². The standard InChI is InChI=1S/C15H10BF3N2O2/c16-8-3-4-12(22)9(6-8)11-7-13(23-21-11)14-10(15(17,18)19)2-1-5-20-14/h1-6,13,22H,7H2. The summed E-state index contributed by atoms with van der Waals surface area (Å²) in [6.07, 6.45) is -4.18. The number of hydrogen-bond donors (Lipinski definition) is 1. The molecule has 1 aromatic carbocycles. The highest BCUT2D eigenvalue weighted by molar-refractivity contribution is 6.33. The summed E-state index contributed by atoms with van der Waals surface area (Å²) in [7, 11) is 5.65. The van der Waals surface area contributed by atoms with Crippen molar-refractivity contribution in [1.82, 2.24) is 4.98 Å². The van der Waals surface area contributed by atoms with Crippen LogP contribution in [0.2, 0.25) is 0 Å². The number of aromatic hydroxyl groups is 1. The Labute approximate surface area is 131 Å². The summed E-state index contributed by atoms with van der Waals surface area (Å²) in [5, 5.41) is 13.6. The Bertz CT molecular complexity index is 778. The van der Waals surface area contributed by atoms with E-state index in [2.05, 4.69) is 10.1 Å². The third-order valence-corrected chi connectivity index (χ3v) is 3.45. The number of benzene rings is 1. The number of pyridine rings is 1.